The highest BCUT2D eigenvalue weighted by molar-refractivity contribution is 5.80. The highest BCUT2D eigenvalue weighted by atomic mass is 16.3. The topological polar surface area (TPSA) is 89.8 Å². The Kier molecular flexibility index (Phi) is 30.4. The second-order valence-corrected chi connectivity index (χ2v) is 11.7. The van der Waals surface area contributed by atoms with E-state index >= 15 is 0 Å². The van der Waals surface area contributed by atoms with Crippen LogP contribution < -0.4 is 5.32 Å². The van der Waals surface area contributed by atoms with Crippen molar-refractivity contribution in [2.75, 3.05) is 6.61 Å². The third-order valence-corrected chi connectivity index (χ3v) is 7.70. The lowest BCUT2D eigenvalue weighted by atomic mass is 10.1. The summed E-state index contributed by atoms with van der Waals surface area (Å²) in [5.74, 6) is -0.533. The first-order chi connectivity index (χ1) is 20.1. The summed E-state index contributed by atoms with van der Waals surface area (Å²) in [6.45, 7) is 4.11. The molecule has 0 radical (unpaired) electrons. The Balaban J connectivity index is 3.87. The molecule has 240 valence electrons. The maximum absolute atomic E-state index is 12.3. The summed E-state index contributed by atoms with van der Waals surface area (Å²) in [6, 6.07) is -0.819. The van der Waals surface area contributed by atoms with E-state index in [-0.39, 0.29) is 6.61 Å². The van der Waals surface area contributed by atoms with E-state index in [0.717, 1.165) is 44.9 Å². The van der Waals surface area contributed by atoms with Crippen LogP contribution in [-0.2, 0) is 4.79 Å². The van der Waals surface area contributed by atoms with Gasteiger partial charge in [-0.15, -0.1) is 0 Å². The molecule has 0 heterocycles. The molecule has 0 aromatic heterocycles. The fourth-order valence-corrected chi connectivity index (χ4v) is 4.90. The standard InChI is InChI=1S/C36H67NO4/c1-3-5-7-9-11-13-15-17-18-19-21-22-24-26-28-30-34(39)33(32-38)37-36(41)35(40)31-29-27-25-23-20-16-14-12-10-8-6-4-2/h20-23,28,30,33-35,38-40H,3-19,24-27,29,31-32H2,1-2H3,(H,37,41)/b22-21+,23-20-,30-28+. The zero-order valence-electron chi connectivity index (χ0n) is 26.9. The number of allylic oxidation sites excluding steroid dienone is 5. The highest BCUT2D eigenvalue weighted by Gasteiger charge is 2.22. The van der Waals surface area contributed by atoms with Gasteiger partial charge in [-0.2, -0.15) is 0 Å². The predicted molar refractivity (Wildman–Crippen MR) is 176 cm³/mol. The molecular formula is C36H67NO4. The van der Waals surface area contributed by atoms with Gasteiger partial charge in [-0.05, 0) is 57.8 Å². The van der Waals surface area contributed by atoms with Gasteiger partial charge in [0, 0.05) is 0 Å². The fraction of sp³-hybridized carbons (Fsp3) is 0.806. The lowest BCUT2D eigenvalue weighted by molar-refractivity contribution is -0.131. The first kappa shape index (κ1) is 39.6. The molecule has 1 amide bonds. The fourth-order valence-electron chi connectivity index (χ4n) is 4.90. The Hall–Kier alpha value is -1.43. The van der Waals surface area contributed by atoms with Gasteiger partial charge in [0.15, 0.2) is 0 Å². The number of rotatable bonds is 30. The molecule has 4 N–H and O–H groups in total. The van der Waals surface area contributed by atoms with Crippen molar-refractivity contribution in [1.82, 2.24) is 5.32 Å². The summed E-state index contributed by atoms with van der Waals surface area (Å²) < 4.78 is 0. The summed E-state index contributed by atoms with van der Waals surface area (Å²) in [6.07, 6.45) is 37.3. The monoisotopic (exact) mass is 578 g/mol. The first-order valence-electron chi connectivity index (χ1n) is 17.3. The zero-order chi connectivity index (χ0) is 30.2. The largest absolute Gasteiger partial charge is 0.394 e. The van der Waals surface area contributed by atoms with Crippen molar-refractivity contribution < 1.29 is 20.1 Å². The molecule has 0 fully saturated rings. The molecule has 0 saturated carbocycles. The van der Waals surface area contributed by atoms with Crippen LogP contribution in [0, 0.1) is 0 Å². The van der Waals surface area contributed by atoms with Gasteiger partial charge < -0.3 is 20.6 Å². The summed E-state index contributed by atoms with van der Waals surface area (Å²) in [5.41, 5.74) is 0. The number of nitrogens with one attached hydrogen (secondary N) is 1. The minimum absolute atomic E-state index is 0.382. The van der Waals surface area contributed by atoms with Gasteiger partial charge in [0.1, 0.15) is 6.10 Å². The zero-order valence-corrected chi connectivity index (χ0v) is 26.9. The van der Waals surface area contributed by atoms with Crippen LogP contribution in [0.5, 0.6) is 0 Å². The Morgan fingerprint density at radius 3 is 1.49 bits per heavy atom. The molecular weight excluding hydrogens is 510 g/mol. The number of hydrogen-bond donors (Lipinski definition) is 4. The molecule has 0 saturated heterocycles. The van der Waals surface area contributed by atoms with Crippen LogP contribution in [0.3, 0.4) is 0 Å². The smallest absolute Gasteiger partial charge is 0.249 e. The van der Waals surface area contributed by atoms with Gasteiger partial charge in [0.25, 0.3) is 0 Å². The molecule has 3 unspecified atom stereocenters. The van der Waals surface area contributed by atoms with Crippen LogP contribution in [0.2, 0.25) is 0 Å². The van der Waals surface area contributed by atoms with Crippen LogP contribution in [0.15, 0.2) is 36.5 Å². The third kappa shape index (κ3) is 27.2. The molecule has 0 rings (SSSR count). The number of amides is 1. The van der Waals surface area contributed by atoms with E-state index in [2.05, 4.69) is 43.5 Å². The van der Waals surface area contributed by atoms with Crippen molar-refractivity contribution in [3.8, 4) is 0 Å². The minimum Gasteiger partial charge on any atom is -0.394 e. The van der Waals surface area contributed by atoms with Gasteiger partial charge in [-0.3, -0.25) is 4.79 Å². The Morgan fingerprint density at radius 1 is 0.585 bits per heavy atom. The summed E-state index contributed by atoms with van der Waals surface area (Å²) >= 11 is 0. The molecule has 3 atom stereocenters. The molecule has 0 aliphatic heterocycles. The average Bonchev–Trinajstić information content (AvgIpc) is 2.98. The van der Waals surface area contributed by atoms with E-state index in [1.165, 1.54) is 96.3 Å². The van der Waals surface area contributed by atoms with Crippen LogP contribution in [0.25, 0.3) is 0 Å². The van der Waals surface area contributed by atoms with Crippen LogP contribution in [0.1, 0.15) is 162 Å². The van der Waals surface area contributed by atoms with Gasteiger partial charge >= 0.3 is 0 Å². The van der Waals surface area contributed by atoms with Crippen LogP contribution >= 0.6 is 0 Å². The summed E-state index contributed by atoms with van der Waals surface area (Å²) in [7, 11) is 0. The molecule has 5 heteroatoms. The number of carbonyl (C=O) groups excluding carboxylic acids is 1. The number of aliphatic hydroxyl groups excluding tert-OH is 3. The number of hydrogen-bond acceptors (Lipinski definition) is 4. The first-order valence-corrected chi connectivity index (χ1v) is 17.3. The van der Waals surface area contributed by atoms with E-state index in [1.54, 1.807) is 6.08 Å². The predicted octanol–water partition coefficient (Wildman–Crippen LogP) is 8.87. The molecule has 0 aliphatic rings. The average molecular weight is 578 g/mol. The normalized spacial score (nSPS) is 14.4. The third-order valence-electron chi connectivity index (χ3n) is 7.70. The lowest BCUT2D eigenvalue weighted by Gasteiger charge is -2.21. The minimum atomic E-state index is -1.12. The van der Waals surface area contributed by atoms with Gasteiger partial charge in [0.2, 0.25) is 5.91 Å². The molecule has 0 bridgehead atoms. The molecule has 0 aromatic carbocycles. The molecule has 0 aromatic rings. The van der Waals surface area contributed by atoms with Crippen molar-refractivity contribution in [3.63, 3.8) is 0 Å². The van der Waals surface area contributed by atoms with Crippen molar-refractivity contribution in [2.45, 2.75) is 180 Å². The van der Waals surface area contributed by atoms with E-state index in [0.29, 0.717) is 6.42 Å². The lowest BCUT2D eigenvalue weighted by Crippen LogP contribution is -2.48. The quantitative estimate of drug-likeness (QED) is 0.0507. The van der Waals surface area contributed by atoms with Crippen LogP contribution in [-0.4, -0.2) is 46.1 Å². The number of unbranched alkanes of at least 4 members (excludes halogenated alkanes) is 18. The van der Waals surface area contributed by atoms with Gasteiger partial charge in [0.05, 0.1) is 18.8 Å². The Morgan fingerprint density at radius 2 is 1.00 bits per heavy atom. The molecule has 0 aliphatic carbocycles. The molecule has 5 nitrogen and oxygen atoms in total. The van der Waals surface area contributed by atoms with E-state index in [1.807, 2.05) is 6.08 Å². The van der Waals surface area contributed by atoms with Gasteiger partial charge in [-0.1, -0.05) is 140 Å². The van der Waals surface area contributed by atoms with E-state index < -0.39 is 24.2 Å². The van der Waals surface area contributed by atoms with Crippen LogP contribution in [0.4, 0.5) is 0 Å². The highest BCUT2D eigenvalue weighted by Crippen LogP contribution is 2.12. The number of aliphatic hydroxyl groups is 3. The van der Waals surface area contributed by atoms with Gasteiger partial charge in [-0.25, -0.2) is 0 Å². The Labute approximate surface area is 254 Å². The van der Waals surface area contributed by atoms with Crippen molar-refractivity contribution in [1.29, 1.82) is 0 Å². The second-order valence-electron chi connectivity index (χ2n) is 11.7. The van der Waals surface area contributed by atoms with E-state index in [4.69, 9.17) is 0 Å². The van der Waals surface area contributed by atoms with Crippen molar-refractivity contribution >= 4 is 5.91 Å². The van der Waals surface area contributed by atoms with Crippen molar-refractivity contribution in [3.05, 3.63) is 36.5 Å². The molecule has 0 spiro atoms. The van der Waals surface area contributed by atoms with Crippen molar-refractivity contribution in [2.24, 2.45) is 0 Å². The Bertz CT molecular complexity index is 645. The maximum Gasteiger partial charge on any atom is 0.249 e. The molecule has 41 heavy (non-hydrogen) atoms. The summed E-state index contributed by atoms with van der Waals surface area (Å²) in [4.78, 5) is 12.3. The maximum atomic E-state index is 12.3. The second kappa shape index (κ2) is 31.5. The van der Waals surface area contributed by atoms with E-state index in [9.17, 15) is 20.1 Å². The summed E-state index contributed by atoms with van der Waals surface area (Å²) in [5, 5.41) is 32.8. The number of carbonyl (C=O) groups is 1. The SMILES string of the molecule is CCCCCCCC/C=C\CCCCC(O)C(=O)NC(CO)C(O)/C=C/CC/C=C/CCCCCCCCCCC.